The molecule has 0 aromatic heterocycles. The lowest BCUT2D eigenvalue weighted by Crippen LogP contribution is -2.18. The Hall–Kier alpha value is -0.840. The summed E-state index contributed by atoms with van der Waals surface area (Å²) in [6.07, 6.45) is 0.782. The second-order valence-electron chi connectivity index (χ2n) is 4.95. The molecule has 0 heterocycles. The first kappa shape index (κ1) is 15.5. The molecule has 106 valence electrons. The molecule has 1 unspecified atom stereocenters. The van der Waals surface area contributed by atoms with Gasteiger partial charge in [-0.25, -0.2) is 0 Å². The van der Waals surface area contributed by atoms with Gasteiger partial charge in [0.2, 0.25) is 0 Å². The fraction of sp³-hybridized carbons (Fsp3) is 0.250. The summed E-state index contributed by atoms with van der Waals surface area (Å²) >= 11 is 6.98. The third-order valence-corrected chi connectivity index (χ3v) is 4.30. The maximum atomic E-state index is 6.00. The monoisotopic (exact) mass is 397 g/mol. The van der Waals surface area contributed by atoms with Gasteiger partial charge in [-0.15, -0.1) is 0 Å². The Labute approximate surface area is 136 Å². The molecular weight excluding hydrogens is 382 g/mol. The van der Waals surface area contributed by atoms with E-state index in [0.717, 1.165) is 38.0 Å². The zero-order chi connectivity index (χ0) is 14.7. The standard InChI is InChI=1S/C16H17Br2NO/c1-10-7-14(4-5-15(10)18)20-16-6-3-13(17)9-12(16)8-11(2)19/h3-7,9,11H,8,19H2,1-2H3. The highest BCUT2D eigenvalue weighted by atomic mass is 79.9. The van der Waals surface area contributed by atoms with Gasteiger partial charge in [0, 0.05) is 15.0 Å². The van der Waals surface area contributed by atoms with Gasteiger partial charge in [0.1, 0.15) is 11.5 Å². The van der Waals surface area contributed by atoms with E-state index in [1.165, 1.54) is 0 Å². The minimum atomic E-state index is 0.0957. The highest BCUT2D eigenvalue weighted by Crippen LogP contribution is 2.30. The van der Waals surface area contributed by atoms with Gasteiger partial charge in [-0.05, 0) is 67.8 Å². The van der Waals surface area contributed by atoms with Crippen LogP contribution in [0.25, 0.3) is 0 Å². The second kappa shape index (κ2) is 6.74. The van der Waals surface area contributed by atoms with E-state index in [-0.39, 0.29) is 6.04 Å². The van der Waals surface area contributed by atoms with Crippen LogP contribution in [-0.4, -0.2) is 6.04 Å². The van der Waals surface area contributed by atoms with E-state index in [9.17, 15) is 0 Å². The average molecular weight is 399 g/mol. The van der Waals surface area contributed by atoms with Gasteiger partial charge in [-0.3, -0.25) is 0 Å². The molecule has 0 bridgehead atoms. The Morgan fingerprint density at radius 2 is 1.90 bits per heavy atom. The van der Waals surface area contributed by atoms with E-state index < -0.39 is 0 Å². The summed E-state index contributed by atoms with van der Waals surface area (Å²) in [6.45, 7) is 4.04. The van der Waals surface area contributed by atoms with Gasteiger partial charge in [-0.1, -0.05) is 31.9 Å². The maximum Gasteiger partial charge on any atom is 0.130 e. The van der Waals surface area contributed by atoms with Gasteiger partial charge in [0.05, 0.1) is 0 Å². The molecule has 0 aliphatic rings. The van der Waals surface area contributed by atoms with Crippen molar-refractivity contribution in [2.75, 3.05) is 0 Å². The number of hydrogen-bond donors (Lipinski definition) is 1. The topological polar surface area (TPSA) is 35.2 Å². The molecule has 0 saturated heterocycles. The largest absolute Gasteiger partial charge is 0.457 e. The SMILES string of the molecule is Cc1cc(Oc2ccc(Br)cc2CC(C)N)ccc1Br. The van der Waals surface area contributed by atoms with Gasteiger partial charge in [-0.2, -0.15) is 0 Å². The predicted molar refractivity (Wildman–Crippen MR) is 90.4 cm³/mol. The van der Waals surface area contributed by atoms with Crippen LogP contribution in [0, 0.1) is 6.92 Å². The third kappa shape index (κ3) is 4.08. The van der Waals surface area contributed by atoms with Gasteiger partial charge in [0.15, 0.2) is 0 Å². The Morgan fingerprint density at radius 1 is 1.15 bits per heavy atom. The Morgan fingerprint density at radius 3 is 2.55 bits per heavy atom. The van der Waals surface area contributed by atoms with Crippen molar-refractivity contribution < 1.29 is 4.74 Å². The zero-order valence-electron chi connectivity index (χ0n) is 11.5. The molecule has 0 aliphatic carbocycles. The van der Waals surface area contributed by atoms with Crippen molar-refractivity contribution in [3.05, 3.63) is 56.5 Å². The lowest BCUT2D eigenvalue weighted by atomic mass is 10.1. The van der Waals surface area contributed by atoms with E-state index in [1.54, 1.807) is 0 Å². The molecule has 0 saturated carbocycles. The smallest absolute Gasteiger partial charge is 0.130 e. The van der Waals surface area contributed by atoms with Crippen molar-refractivity contribution in [3.63, 3.8) is 0 Å². The van der Waals surface area contributed by atoms with E-state index in [2.05, 4.69) is 37.9 Å². The Balaban J connectivity index is 2.30. The third-order valence-electron chi connectivity index (χ3n) is 2.92. The minimum Gasteiger partial charge on any atom is -0.457 e. The summed E-state index contributed by atoms with van der Waals surface area (Å²) in [5, 5.41) is 0. The molecule has 4 heteroatoms. The Kier molecular flexibility index (Phi) is 5.24. The molecule has 2 nitrogen and oxygen atoms in total. The summed E-state index contributed by atoms with van der Waals surface area (Å²) in [4.78, 5) is 0. The van der Waals surface area contributed by atoms with Crippen molar-refractivity contribution in [1.82, 2.24) is 0 Å². The molecule has 2 N–H and O–H groups in total. The predicted octanol–water partition coefficient (Wildman–Crippen LogP) is 5.20. The lowest BCUT2D eigenvalue weighted by Gasteiger charge is -2.14. The lowest BCUT2D eigenvalue weighted by molar-refractivity contribution is 0.473. The number of nitrogens with two attached hydrogens (primary N) is 1. The van der Waals surface area contributed by atoms with Crippen LogP contribution in [0.3, 0.4) is 0 Å². The number of aryl methyl sites for hydroxylation is 1. The van der Waals surface area contributed by atoms with Crippen LogP contribution in [0.5, 0.6) is 11.5 Å². The van der Waals surface area contributed by atoms with Crippen molar-refractivity contribution in [2.24, 2.45) is 5.73 Å². The quantitative estimate of drug-likeness (QED) is 0.767. The highest BCUT2D eigenvalue weighted by Gasteiger charge is 2.09. The van der Waals surface area contributed by atoms with Crippen LogP contribution in [-0.2, 0) is 6.42 Å². The number of ether oxygens (including phenoxy) is 1. The van der Waals surface area contributed by atoms with Crippen LogP contribution < -0.4 is 10.5 Å². The molecule has 1 atom stereocenters. The fourth-order valence-electron chi connectivity index (χ4n) is 1.96. The molecule has 20 heavy (non-hydrogen) atoms. The second-order valence-corrected chi connectivity index (χ2v) is 6.72. The van der Waals surface area contributed by atoms with Crippen LogP contribution in [0.15, 0.2) is 45.3 Å². The minimum absolute atomic E-state index is 0.0957. The van der Waals surface area contributed by atoms with Crippen molar-refractivity contribution >= 4 is 31.9 Å². The maximum absolute atomic E-state index is 6.00. The summed E-state index contributed by atoms with van der Waals surface area (Å²) in [5.41, 5.74) is 8.16. The van der Waals surface area contributed by atoms with Crippen molar-refractivity contribution in [3.8, 4) is 11.5 Å². The van der Waals surface area contributed by atoms with Crippen LogP contribution >= 0.6 is 31.9 Å². The van der Waals surface area contributed by atoms with Crippen LogP contribution in [0.2, 0.25) is 0 Å². The van der Waals surface area contributed by atoms with Crippen molar-refractivity contribution in [2.45, 2.75) is 26.3 Å². The summed E-state index contributed by atoms with van der Waals surface area (Å²) in [5.74, 6) is 1.69. The summed E-state index contributed by atoms with van der Waals surface area (Å²) in [6, 6.07) is 12.1. The average Bonchev–Trinajstić information content (AvgIpc) is 2.36. The highest BCUT2D eigenvalue weighted by molar-refractivity contribution is 9.10. The molecule has 2 rings (SSSR count). The molecule has 0 aliphatic heterocycles. The summed E-state index contributed by atoms with van der Waals surface area (Å²) < 4.78 is 8.12. The van der Waals surface area contributed by atoms with Gasteiger partial charge in [0.25, 0.3) is 0 Å². The molecule has 0 fully saturated rings. The van der Waals surface area contributed by atoms with E-state index in [1.807, 2.05) is 44.2 Å². The van der Waals surface area contributed by atoms with E-state index in [4.69, 9.17) is 10.5 Å². The molecule has 2 aromatic rings. The Bertz CT molecular complexity index is 611. The van der Waals surface area contributed by atoms with Crippen LogP contribution in [0.4, 0.5) is 0 Å². The zero-order valence-corrected chi connectivity index (χ0v) is 14.7. The number of rotatable bonds is 4. The number of hydrogen-bond acceptors (Lipinski definition) is 2. The first-order chi connectivity index (χ1) is 9.45. The molecule has 0 spiro atoms. The first-order valence-electron chi connectivity index (χ1n) is 6.43. The molecule has 2 aromatic carbocycles. The number of benzene rings is 2. The van der Waals surface area contributed by atoms with Gasteiger partial charge >= 0.3 is 0 Å². The van der Waals surface area contributed by atoms with Crippen LogP contribution in [0.1, 0.15) is 18.1 Å². The van der Waals surface area contributed by atoms with E-state index >= 15 is 0 Å². The first-order valence-corrected chi connectivity index (χ1v) is 8.02. The molecular formula is C16H17Br2NO. The molecule has 0 amide bonds. The normalized spacial score (nSPS) is 12.2. The number of halogens is 2. The van der Waals surface area contributed by atoms with E-state index in [0.29, 0.717) is 0 Å². The summed E-state index contributed by atoms with van der Waals surface area (Å²) in [7, 11) is 0. The van der Waals surface area contributed by atoms with Crippen molar-refractivity contribution in [1.29, 1.82) is 0 Å². The molecule has 0 radical (unpaired) electrons. The van der Waals surface area contributed by atoms with Gasteiger partial charge < -0.3 is 10.5 Å². The fourth-order valence-corrected chi connectivity index (χ4v) is 2.62.